The molecule has 2 aromatic rings. The van der Waals surface area contributed by atoms with Crippen LogP contribution in [0.25, 0.3) is 0 Å². The van der Waals surface area contributed by atoms with E-state index in [0.29, 0.717) is 5.69 Å². The van der Waals surface area contributed by atoms with Gasteiger partial charge in [-0.3, -0.25) is 4.79 Å². The molecule has 6 nitrogen and oxygen atoms in total. The summed E-state index contributed by atoms with van der Waals surface area (Å²) in [7, 11) is -3.77. The first-order valence-electron chi connectivity index (χ1n) is 9.33. The number of carbonyl (C=O) groups excluding carboxylic acids is 1. The van der Waals surface area contributed by atoms with Crippen LogP contribution in [0.15, 0.2) is 52.3 Å². The van der Waals surface area contributed by atoms with Crippen LogP contribution >= 0.6 is 11.8 Å². The Hall–Kier alpha value is -2.03. The molecule has 0 aliphatic heterocycles. The van der Waals surface area contributed by atoms with Gasteiger partial charge in [0.05, 0.1) is 16.6 Å². The van der Waals surface area contributed by atoms with Crippen LogP contribution in [0.5, 0.6) is 5.75 Å². The van der Waals surface area contributed by atoms with Crippen molar-refractivity contribution in [3.8, 4) is 5.75 Å². The van der Waals surface area contributed by atoms with Crippen LogP contribution in [0.2, 0.25) is 0 Å². The minimum Gasteiger partial charge on any atom is -0.492 e. The number of aryl methyl sites for hydroxylation is 1. The lowest BCUT2D eigenvalue weighted by Crippen LogP contribution is -2.36. The van der Waals surface area contributed by atoms with Gasteiger partial charge in [-0.1, -0.05) is 32.0 Å². The van der Waals surface area contributed by atoms with Crippen molar-refractivity contribution in [3.05, 3.63) is 48.0 Å². The average Bonchev–Trinajstić information content (AvgIpc) is 2.66. The summed E-state index contributed by atoms with van der Waals surface area (Å²) in [6.45, 7) is 7.45. The summed E-state index contributed by atoms with van der Waals surface area (Å²) < 4.78 is 34.0. The second kappa shape index (κ2) is 10.1. The lowest BCUT2D eigenvalue weighted by molar-refractivity contribution is -0.118. The van der Waals surface area contributed by atoms with Crippen LogP contribution in [0.1, 0.15) is 26.3 Å². The predicted octanol–water partition coefficient (Wildman–Crippen LogP) is 4.06. The van der Waals surface area contributed by atoms with Crippen molar-refractivity contribution in [1.29, 1.82) is 0 Å². The van der Waals surface area contributed by atoms with E-state index in [-0.39, 0.29) is 23.3 Å². The minimum absolute atomic E-state index is 0.0945. The molecule has 158 valence electrons. The number of ether oxygens (including phenoxy) is 1. The van der Waals surface area contributed by atoms with Crippen LogP contribution in [0.4, 0.5) is 5.69 Å². The van der Waals surface area contributed by atoms with E-state index in [0.717, 1.165) is 16.2 Å². The molecule has 8 heteroatoms. The molecule has 0 bridgehead atoms. The molecule has 0 spiro atoms. The van der Waals surface area contributed by atoms with E-state index in [2.05, 4.69) is 10.0 Å². The zero-order chi connectivity index (χ0) is 21.6. The summed E-state index contributed by atoms with van der Waals surface area (Å²) in [6, 6.07) is 11.9. The average molecular weight is 437 g/mol. The summed E-state index contributed by atoms with van der Waals surface area (Å²) in [5, 5.41) is 2.80. The number of benzene rings is 2. The summed E-state index contributed by atoms with van der Waals surface area (Å²) in [5.41, 5.74) is 1.48. The van der Waals surface area contributed by atoms with Gasteiger partial charge in [0, 0.05) is 10.8 Å². The molecule has 0 saturated carbocycles. The third-order valence-corrected chi connectivity index (χ3v) is 6.59. The molecule has 0 saturated heterocycles. The maximum atomic E-state index is 12.8. The number of para-hydroxylation sites is 1. The Balaban J connectivity index is 2.13. The number of hydrogen-bond donors (Lipinski definition) is 2. The number of rotatable bonds is 9. The Morgan fingerprint density at radius 2 is 1.83 bits per heavy atom. The van der Waals surface area contributed by atoms with Crippen LogP contribution in [-0.2, 0) is 14.8 Å². The normalized spacial score (nSPS) is 12.6. The number of sulfonamides is 1. The monoisotopic (exact) mass is 436 g/mol. The van der Waals surface area contributed by atoms with Gasteiger partial charge in [-0.15, -0.1) is 11.8 Å². The molecule has 29 heavy (non-hydrogen) atoms. The fourth-order valence-electron chi connectivity index (χ4n) is 2.53. The first-order valence-corrected chi connectivity index (χ1v) is 12.0. The number of anilines is 1. The minimum atomic E-state index is -3.77. The second-order valence-corrected chi connectivity index (χ2v) is 9.67. The van der Waals surface area contributed by atoms with E-state index in [1.165, 1.54) is 23.9 Å². The Bertz CT molecular complexity index is 959. The summed E-state index contributed by atoms with van der Waals surface area (Å²) >= 11 is 1.44. The summed E-state index contributed by atoms with van der Waals surface area (Å²) in [6.07, 6.45) is 1.87. The van der Waals surface area contributed by atoms with Crippen LogP contribution in [0.3, 0.4) is 0 Å². The Labute approximate surface area is 177 Å². The van der Waals surface area contributed by atoms with Gasteiger partial charge < -0.3 is 10.1 Å². The molecular formula is C21H28N2O4S2. The van der Waals surface area contributed by atoms with Crippen molar-refractivity contribution in [2.24, 2.45) is 5.92 Å². The molecule has 1 amide bonds. The molecule has 0 aliphatic carbocycles. The lowest BCUT2D eigenvalue weighted by Gasteiger charge is -2.17. The van der Waals surface area contributed by atoms with E-state index in [4.69, 9.17) is 4.74 Å². The maximum Gasteiger partial charge on any atom is 0.241 e. The van der Waals surface area contributed by atoms with Gasteiger partial charge in [-0.25, -0.2) is 13.1 Å². The van der Waals surface area contributed by atoms with Crippen molar-refractivity contribution in [1.82, 2.24) is 4.72 Å². The molecule has 0 radical (unpaired) electrons. The number of carbonyl (C=O) groups is 1. The molecule has 2 rings (SSSR count). The van der Waals surface area contributed by atoms with Crippen molar-refractivity contribution in [2.75, 3.05) is 18.2 Å². The van der Waals surface area contributed by atoms with Crippen molar-refractivity contribution < 1.29 is 17.9 Å². The van der Waals surface area contributed by atoms with E-state index < -0.39 is 16.1 Å². The molecular weight excluding hydrogens is 408 g/mol. The van der Waals surface area contributed by atoms with Gasteiger partial charge in [-0.05, 0) is 49.9 Å². The molecule has 0 aliphatic rings. The molecule has 0 fully saturated rings. The summed E-state index contributed by atoms with van der Waals surface area (Å²) in [4.78, 5) is 13.0. The van der Waals surface area contributed by atoms with Crippen LogP contribution in [0, 0.1) is 12.8 Å². The number of amides is 1. The van der Waals surface area contributed by atoms with Crippen LogP contribution in [-0.4, -0.2) is 33.2 Å². The highest BCUT2D eigenvalue weighted by molar-refractivity contribution is 7.98. The fraction of sp³-hybridized carbons (Fsp3) is 0.381. The van der Waals surface area contributed by atoms with Gasteiger partial charge in [0.25, 0.3) is 0 Å². The fourth-order valence-corrected chi connectivity index (χ4v) is 4.32. The van der Waals surface area contributed by atoms with Gasteiger partial charge in [0.2, 0.25) is 15.9 Å². The third-order valence-electron chi connectivity index (χ3n) is 4.20. The zero-order valence-electron chi connectivity index (χ0n) is 17.4. The maximum absolute atomic E-state index is 12.8. The van der Waals surface area contributed by atoms with E-state index >= 15 is 0 Å². The Morgan fingerprint density at radius 1 is 1.14 bits per heavy atom. The highest BCUT2D eigenvalue weighted by Gasteiger charge is 2.20. The molecule has 0 aromatic heterocycles. The molecule has 0 heterocycles. The first-order chi connectivity index (χ1) is 13.6. The highest BCUT2D eigenvalue weighted by Crippen LogP contribution is 2.28. The zero-order valence-corrected chi connectivity index (χ0v) is 19.0. The molecule has 2 N–H and O–H groups in total. The van der Waals surface area contributed by atoms with E-state index in [1.807, 2.05) is 37.4 Å². The van der Waals surface area contributed by atoms with Gasteiger partial charge >= 0.3 is 0 Å². The van der Waals surface area contributed by atoms with E-state index in [9.17, 15) is 13.2 Å². The predicted molar refractivity (Wildman–Crippen MR) is 118 cm³/mol. The lowest BCUT2D eigenvalue weighted by atomic mass is 10.2. The van der Waals surface area contributed by atoms with Crippen molar-refractivity contribution in [2.45, 2.75) is 43.5 Å². The smallest absolute Gasteiger partial charge is 0.241 e. The number of thioether (sulfide) groups is 1. The molecule has 1 atom stereocenters. The quantitative estimate of drug-likeness (QED) is 0.579. The highest BCUT2D eigenvalue weighted by atomic mass is 32.2. The van der Waals surface area contributed by atoms with E-state index in [1.54, 1.807) is 26.8 Å². The van der Waals surface area contributed by atoms with Crippen molar-refractivity contribution >= 4 is 33.4 Å². The molecule has 0 unspecified atom stereocenters. The third kappa shape index (κ3) is 6.48. The van der Waals surface area contributed by atoms with Crippen molar-refractivity contribution in [3.63, 3.8) is 0 Å². The summed E-state index contributed by atoms with van der Waals surface area (Å²) in [5.74, 6) is 0.353. The standard InChI is InChI=1S/C21H28N2O4S2/c1-14(2)21(24)22-18-12-17(10-11-20(18)28-5)29(25,26)23-16(4)13-27-19-9-7-6-8-15(19)3/h6-12,14,16,23H,13H2,1-5H3,(H,22,24)/t16-/m0/s1. The number of nitrogens with one attached hydrogen (secondary N) is 2. The molecule has 2 aromatic carbocycles. The van der Waals surface area contributed by atoms with Gasteiger partial charge in [-0.2, -0.15) is 0 Å². The number of hydrogen-bond acceptors (Lipinski definition) is 5. The largest absolute Gasteiger partial charge is 0.492 e. The Morgan fingerprint density at radius 3 is 2.45 bits per heavy atom. The topological polar surface area (TPSA) is 84.5 Å². The van der Waals surface area contributed by atoms with Gasteiger partial charge in [0.15, 0.2) is 0 Å². The van der Waals surface area contributed by atoms with Gasteiger partial charge in [0.1, 0.15) is 12.4 Å². The second-order valence-electron chi connectivity index (χ2n) is 7.10. The first kappa shape index (κ1) is 23.3. The van der Waals surface area contributed by atoms with Crippen LogP contribution < -0.4 is 14.8 Å². The Kier molecular flexibility index (Phi) is 8.13. The SMILES string of the molecule is CSc1ccc(S(=O)(=O)N[C@@H](C)COc2ccccc2C)cc1NC(=O)C(C)C.